The fraction of sp³-hybridized carbons (Fsp3) is 0.290. The number of halogens is 2. The SMILES string of the molecule is C=CC(=O)OCCOC(=O)CCC1(CCC(=O)OCCOC(=O)C=C)c2ccccc2-c2nc3cc(Cl)c(Cl)cc3nc21. The lowest BCUT2D eigenvalue weighted by atomic mass is 9.73. The number of hydrogen-bond donors (Lipinski definition) is 0. The van der Waals surface area contributed by atoms with Gasteiger partial charge in [0.15, 0.2) is 0 Å². The Hall–Kier alpha value is -4.28. The molecule has 224 valence electrons. The number of hydrogen-bond acceptors (Lipinski definition) is 10. The molecule has 0 amide bonds. The van der Waals surface area contributed by atoms with Gasteiger partial charge in [0, 0.05) is 36.0 Å². The molecule has 3 aromatic rings. The Balaban J connectivity index is 1.62. The molecule has 0 bridgehead atoms. The molecule has 43 heavy (non-hydrogen) atoms. The molecule has 1 aliphatic carbocycles. The van der Waals surface area contributed by atoms with Gasteiger partial charge in [-0.1, -0.05) is 60.6 Å². The number of ether oxygens (including phenoxy) is 4. The quantitative estimate of drug-likeness (QED) is 0.100. The van der Waals surface area contributed by atoms with Crippen LogP contribution >= 0.6 is 23.2 Å². The maximum absolute atomic E-state index is 12.8. The molecular formula is C31H28Cl2N2O8. The molecule has 0 spiro atoms. The molecule has 4 rings (SSSR count). The van der Waals surface area contributed by atoms with Crippen LogP contribution in [0.15, 0.2) is 61.7 Å². The van der Waals surface area contributed by atoms with Crippen molar-refractivity contribution in [1.29, 1.82) is 0 Å². The molecule has 0 fully saturated rings. The maximum atomic E-state index is 12.8. The van der Waals surface area contributed by atoms with Crippen LogP contribution in [0.2, 0.25) is 10.0 Å². The second-order valence-corrected chi connectivity index (χ2v) is 10.3. The highest BCUT2D eigenvalue weighted by Gasteiger charge is 2.46. The monoisotopic (exact) mass is 626 g/mol. The van der Waals surface area contributed by atoms with Crippen molar-refractivity contribution in [2.45, 2.75) is 31.1 Å². The lowest BCUT2D eigenvalue weighted by Gasteiger charge is -2.30. The lowest BCUT2D eigenvalue weighted by molar-refractivity contribution is -0.150. The van der Waals surface area contributed by atoms with Crippen LogP contribution in [0.5, 0.6) is 0 Å². The molecular weight excluding hydrogens is 599 g/mol. The topological polar surface area (TPSA) is 131 Å². The van der Waals surface area contributed by atoms with Gasteiger partial charge >= 0.3 is 23.9 Å². The zero-order valence-electron chi connectivity index (χ0n) is 23.1. The predicted octanol–water partition coefficient (Wildman–Crippen LogP) is 5.31. The number of rotatable bonds is 14. The van der Waals surface area contributed by atoms with E-state index >= 15 is 0 Å². The lowest BCUT2D eigenvalue weighted by Crippen LogP contribution is -2.29. The van der Waals surface area contributed by atoms with Gasteiger partial charge in [-0.3, -0.25) is 9.59 Å². The predicted molar refractivity (Wildman–Crippen MR) is 158 cm³/mol. The van der Waals surface area contributed by atoms with Crippen molar-refractivity contribution in [3.8, 4) is 11.3 Å². The summed E-state index contributed by atoms with van der Waals surface area (Å²) in [5.74, 6) is -2.27. The zero-order chi connectivity index (χ0) is 31.0. The normalized spacial score (nSPS) is 12.5. The Bertz CT molecular complexity index is 1550. The molecule has 0 saturated carbocycles. The fourth-order valence-corrected chi connectivity index (χ4v) is 5.24. The van der Waals surface area contributed by atoms with Crippen LogP contribution in [0.4, 0.5) is 0 Å². The average Bonchev–Trinajstić information content (AvgIpc) is 3.27. The molecule has 2 aromatic carbocycles. The Morgan fingerprint density at radius 2 is 1.23 bits per heavy atom. The van der Waals surface area contributed by atoms with Gasteiger partial charge in [-0.15, -0.1) is 0 Å². The summed E-state index contributed by atoms with van der Waals surface area (Å²) in [7, 11) is 0. The molecule has 1 aliphatic rings. The minimum atomic E-state index is -0.915. The van der Waals surface area contributed by atoms with E-state index in [1.807, 2.05) is 24.3 Å². The van der Waals surface area contributed by atoms with E-state index in [1.54, 1.807) is 12.1 Å². The van der Waals surface area contributed by atoms with Crippen LogP contribution in [0.1, 0.15) is 36.9 Å². The van der Waals surface area contributed by atoms with Crippen LogP contribution in [-0.2, 0) is 43.5 Å². The summed E-state index contributed by atoms with van der Waals surface area (Å²) in [6, 6.07) is 10.8. The van der Waals surface area contributed by atoms with Crippen LogP contribution in [0, 0.1) is 0 Å². The van der Waals surface area contributed by atoms with E-state index in [1.165, 1.54) is 0 Å². The van der Waals surface area contributed by atoms with Crippen LogP contribution < -0.4 is 0 Å². The van der Waals surface area contributed by atoms with Crippen molar-refractivity contribution in [3.63, 3.8) is 0 Å². The maximum Gasteiger partial charge on any atom is 0.330 e. The summed E-state index contributed by atoms with van der Waals surface area (Å²) in [4.78, 5) is 57.9. The van der Waals surface area contributed by atoms with Gasteiger partial charge in [0.1, 0.15) is 26.4 Å². The van der Waals surface area contributed by atoms with E-state index in [2.05, 4.69) is 13.2 Å². The molecule has 0 aliphatic heterocycles. The molecule has 0 saturated heterocycles. The Kier molecular flexibility index (Phi) is 10.5. The van der Waals surface area contributed by atoms with Crippen molar-refractivity contribution >= 4 is 58.1 Å². The Morgan fingerprint density at radius 1 is 0.744 bits per heavy atom. The average molecular weight is 627 g/mol. The molecule has 0 N–H and O–H groups in total. The van der Waals surface area contributed by atoms with Crippen molar-refractivity contribution in [2.75, 3.05) is 26.4 Å². The second kappa shape index (κ2) is 14.3. The first-order valence-corrected chi connectivity index (χ1v) is 14.1. The highest BCUT2D eigenvalue weighted by atomic mass is 35.5. The van der Waals surface area contributed by atoms with E-state index in [4.69, 9.17) is 52.1 Å². The summed E-state index contributed by atoms with van der Waals surface area (Å²) in [5.41, 5.74) is 2.98. The first-order chi connectivity index (χ1) is 20.7. The molecule has 0 unspecified atom stereocenters. The number of esters is 4. The third-order valence-corrected chi connectivity index (χ3v) is 7.61. The zero-order valence-corrected chi connectivity index (χ0v) is 24.6. The molecule has 0 radical (unpaired) electrons. The smallest absolute Gasteiger partial charge is 0.330 e. The number of aromatic nitrogens is 2. The van der Waals surface area contributed by atoms with E-state index in [-0.39, 0.29) is 52.1 Å². The van der Waals surface area contributed by atoms with Crippen LogP contribution in [-0.4, -0.2) is 60.3 Å². The van der Waals surface area contributed by atoms with Gasteiger partial charge in [-0.2, -0.15) is 0 Å². The Morgan fingerprint density at radius 3 is 1.77 bits per heavy atom. The molecule has 10 nitrogen and oxygen atoms in total. The van der Waals surface area contributed by atoms with Gasteiger partial charge in [-0.25, -0.2) is 19.6 Å². The number of carbonyl (C=O) groups excluding carboxylic acids is 4. The Labute approximate surface area is 257 Å². The van der Waals surface area contributed by atoms with Crippen molar-refractivity contribution < 1.29 is 38.1 Å². The first-order valence-electron chi connectivity index (χ1n) is 13.4. The summed E-state index contributed by atoms with van der Waals surface area (Å²) < 4.78 is 20.3. The number of carbonyl (C=O) groups is 4. The first kappa shape index (κ1) is 31.7. The highest BCUT2D eigenvalue weighted by Crippen LogP contribution is 2.52. The molecule has 12 heteroatoms. The number of fused-ring (bicyclic) bond motifs is 4. The third kappa shape index (κ3) is 7.39. The van der Waals surface area contributed by atoms with Gasteiger partial charge in [-0.05, 0) is 30.5 Å². The fourth-order valence-electron chi connectivity index (χ4n) is 4.93. The summed E-state index contributed by atoms with van der Waals surface area (Å²) in [6.45, 7) is 6.18. The van der Waals surface area contributed by atoms with Gasteiger partial charge < -0.3 is 18.9 Å². The number of nitrogens with zero attached hydrogens (tertiary/aromatic N) is 2. The summed E-state index contributed by atoms with van der Waals surface area (Å²) >= 11 is 12.5. The molecule has 0 atom stereocenters. The molecule has 1 heterocycles. The van der Waals surface area contributed by atoms with E-state index in [9.17, 15) is 19.2 Å². The number of benzene rings is 2. The van der Waals surface area contributed by atoms with E-state index in [0.717, 1.165) is 23.3 Å². The van der Waals surface area contributed by atoms with Crippen molar-refractivity contribution in [1.82, 2.24) is 9.97 Å². The largest absolute Gasteiger partial charge is 0.462 e. The summed E-state index contributed by atoms with van der Waals surface area (Å²) in [6.07, 6.45) is 2.44. The van der Waals surface area contributed by atoms with Crippen molar-refractivity contribution in [2.24, 2.45) is 0 Å². The van der Waals surface area contributed by atoms with Gasteiger partial charge in [0.2, 0.25) is 0 Å². The highest BCUT2D eigenvalue weighted by molar-refractivity contribution is 6.42. The van der Waals surface area contributed by atoms with E-state index < -0.39 is 29.3 Å². The third-order valence-electron chi connectivity index (χ3n) is 6.88. The molecule has 1 aromatic heterocycles. The standard InChI is InChI=1S/C31H28Cl2N2O8/c1-3-25(36)40-13-15-42-27(38)9-11-31(12-10-28(39)43-16-14-41-26(37)4-2)20-8-6-5-7-19(20)29-30(31)35-24-18-22(33)21(32)17-23(24)34-29/h3-8,17-18H,1-2,9-16H2. The minimum Gasteiger partial charge on any atom is -0.462 e. The van der Waals surface area contributed by atoms with Crippen LogP contribution in [0.3, 0.4) is 0 Å². The second-order valence-electron chi connectivity index (χ2n) is 9.49. The van der Waals surface area contributed by atoms with Crippen LogP contribution in [0.25, 0.3) is 22.3 Å². The van der Waals surface area contributed by atoms with Crippen molar-refractivity contribution in [3.05, 3.63) is 83.0 Å². The van der Waals surface area contributed by atoms with E-state index in [0.29, 0.717) is 32.5 Å². The van der Waals surface area contributed by atoms with Gasteiger partial charge in [0.05, 0.1) is 32.5 Å². The van der Waals surface area contributed by atoms with Gasteiger partial charge in [0.25, 0.3) is 0 Å². The minimum absolute atomic E-state index is 0.0309. The summed E-state index contributed by atoms with van der Waals surface area (Å²) in [5, 5.41) is 0.648.